The summed E-state index contributed by atoms with van der Waals surface area (Å²) in [6, 6.07) is 13.3. The number of aromatic hydroxyl groups is 1. The fourth-order valence-corrected chi connectivity index (χ4v) is 1.65. The molecule has 0 saturated heterocycles. The quantitative estimate of drug-likeness (QED) is 0.670. The molecule has 0 aliphatic carbocycles. The fourth-order valence-electron chi connectivity index (χ4n) is 1.65. The van der Waals surface area contributed by atoms with Crippen molar-refractivity contribution in [1.29, 1.82) is 0 Å². The Morgan fingerprint density at radius 1 is 1.11 bits per heavy atom. The van der Waals surface area contributed by atoms with Crippen LogP contribution in [0.1, 0.15) is 22.8 Å². The molecule has 19 heavy (non-hydrogen) atoms. The monoisotopic (exact) mass is 254 g/mol. The van der Waals surface area contributed by atoms with E-state index in [0.717, 1.165) is 0 Å². The van der Waals surface area contributed by atoms with E-state index in [-0.39, 0.29) is 11.5 Å². The maximum absolute atomic E-state index is 12.2. The van der Waals surface area contributed by atoms with Gasteiger partial charge in [0, 0.05) is 5.56 Å². The van der Waals surface area contributed by atoms with Crippen LogP contribution in [0.3, 0.4) is 0 Å². The minimum atomic E-state index is -0.212. The van der Waals surface area contributed by atoms with Gasteiger partial charge in [-0.3, -0.25) is 4.79 Å². The molecule has 0 heterocycles. The van der Waals surface area contributed by atoms with E-state index in [2.05, 4.69) is 0 Å². The molecule has 2 rings (SSSR count). The Morgan fingerprint density at radius 2 is 1.79 bits per heavy atom. The van der Waals surface area contributed by atoms with Crippen LogP contribution in [0.2, 0.25) is 0 Å². The van der Waals surface area contributed by atoms with Gasteiger partial charge in [-0.15, -0.1) is 0 Å². The molecule has 0 bridgehead atoms. The molecule has 3 nitrogen and oxygen atoms in total. The lowest BCUT2D eigenvalue weighted by molar-refractivity contribution is 0.103. The van der Waals surface area contributed by atoms with E-state index < -0.39 is 0 Å². The second-order valence-corrected chi connectivity index (χ2v) is 3.96. The van der Waals surface area contributed by atoms with Gasteiger partial charge >= 0.3 is 0 Å². The van der Waals surface area contributed by atoms with Crippen molar-refractivity contribution in [3.05, 3.63) is 72.0 Å². The van der Waals surface area contributed by atoms with E-state index >= 15 is 0 Å². The summed E-state index contributed by atoms with van der Waals surface area (Å²) >= 11 is 0. The van der Waals surface area contributed by atoms with Gasteiger partial charge in [0.1, 0.15) is 11.5 Å². The number of ether oxygens (including phenoxy) is 1. The first-order valence-electron chi connectivity index (χ1n) is 5.93. The zero-order valence-electron chi connectivity index (χ0n) is 10.5. The first-order valence-corrected chi connectivity index (χ1v) is 5.93. The maximum Gasteiger partial charge on any atom is 0.196 e. The summed E-state index contributed by atoms with van der Waals surface area (Å²) in [5.74, 6) is 0.435. The predicted octanol–water partition coefficient (Wildman–Crippen LogP) is 3.54. The summed E-state index contributed by atoms with van der Waals surface area (Å²) < 4.78 is 5.28. The van der Waals surface area contributed by atoms with Crippen molar-refractivity contribution in [2.24, 2.45) is 0 Å². The molecule has 0 radical (unpaired) electrons. The van der Waals surface area contributed by atoms with Gasteiger partial charge in [0.25, 0.3) is 0 Å². The Morgan fingerprint density at radius 3 is 2.42 bits per heavy atom. The highest BCUT2D eigenvalue weighted by atomic mass is 16.5. The van der Waals surface area contributed by atoms with Crippen molar-refractivity contribution >= 4 is 5.78 Å². The second kappa shape index (κ2) is 5.87. The maximum atomic E-state index is 12.2. The van der Waals surface area contributed by atoms with Crippen molar-refractivity contribution in [3.63, 3.8) is 0 Å². The lowest BCUT2D eigenvalue weighted by atomic mass is 10.0. The minimum absolute atomic E-state index is 0.0123. The summed E-state index contributed by atoms with van der Waals surface area (Å²) in [7, 11) is 0. The fraction of sp³-hybridized carbons (Fsp3) is 0.0625. The highest BCUT2D eigenvalue weighted by Gasteiger charge is 2.12. The lowest BCUT2D eigenvalue weighted by Gasteiger charge is -2.05. The number of benzene rings is 2. The Balaban J connectivity index is 2.23. The highest BCUT2D eigenvalue weighted by molar-refractivity contribution is 6.10. The summed E-state index contributed by atoms with van der Waals surface area (Å²) in [6.45, 7) is 1.86. The van der Waals surface area contributed by atoms with Crippen LogP contribution in [0.15, 0.2) is 60.9 Å². The zero-order chi connectivity index (χ0) is 13.7. The van der Waals surface area contributed by atoms with Crippen LogP contribution in [-0.2, 0) is 0 Å². The first kappa shape index (κ1) is 12.9. The summed E-state index contributed by atoms with van der Waals surface area (Å²) in [5.41, 5.74) is 0.805. The van der Waals surface area contributed by atoms with Crippen LogP contribution < -0.4 is 4.74 Å². The second-order valence-electron chi connectivity index (χ2n) is 3.96. The number of hydrogen-bond donors (Lipinski definition) is 1. The Kier molecular flexibility index (Phi) is 3.98. The normalized spacial score (nSPS) is 10.6. The molecule has 96 valence electrons. The number of carbonyl (C=O) groups excluding carboxylic acids is 1. The SMILES string of the molecule is CC=COc1ccc(C(=O)c2ccccc2O)cc1. The van der Waals surface area contributed by atoms with Gasteiger partial charge in [-0.2, -0.15) is 0 Å². The van der Waals surface area contributed by atoms with Crippen LogP contribution >= 0.6 is 0 Å². The predicted molar refractivity (Wildman–Crippen MR) is 73.4 cm³/mol. The Bertz CT molecular complexity index is 598. The van der Waals surface area contributed by atoms with E-state index in [1.807, 2.05) is 6.92 Å². The van der Waals surface area contributed by atoms with E-state index in [9.17, 15) is 9.90 Å². The molecule has 0 amide bonds. The van der Waals surface area contributed by atoms with Gasteiger partial charge in [-0.25, -0.2) is 0 Å². The van der Waals surface area contributed by atoms with Crippen molar-refractivity contribution in [3.8, 4) is 11.5 Å². The molecule has 2 aromatic rings. The van der Waals surface area contributed by atoms with E-state index in [1.54, 1.807) is 54.8 Å². The van der Waals surface area contributed by atoms with Crippen molar-refractivity contribution in [1.82, 2.24) is 0 Å². The molecule has 0 aromatic heterocycles. The highest BCUT2D eigenvalue weighted by Crippen LogP contribution is 2.21. The molecule has 0 unspecified atom stereocenters. The van der Waals surface area contributed by atoms with Gasteiger partial charge in [-0.1, -0.05) is 18.2 Å². The average Bonchev–Trinajstić information content (AvgIpc) is 2.45. The number of hydrogen-bond acceptors (Lipinski definition) is 3. The van der Waals surface area contributed by atoms with Gasteiger partial charge in [-0.05, 0) is 43.3 Å². The number of allylic oxidation sites excluding steroid dienone is 1. The molecule has 0 atom stereocenters. The molecule has 3 heteroatoms. The minimum Gasteiger partial charge on any atom is -0.507 e. The standard InChI is InChI=1S/C16H14O3/c1-2-11-19-13-9-7-12(8-10-13)16(18)14-5-3-4-6-15(14)17/h2-11,17H,1H3. The molecule has 0 spiro atoms. The van der Waals surface area contributed by atoms with Crippen LogP contribution in [0.4, 0.5) is 0 Å². The van der Waals surface area contributed by atoms with E-state index in [1.165, 1.54) is 6.07 Å². The summed E-state index contributed by atoms with van der Waals surface area (Å²) in [5, 5.41) is 9.66. The Hall–Kier alpha value is -2.55. The van der Waals surface area contributed by atoms with Crippen LogP contribution in [-0.4, -0.2) is 10.9 Å². The third kappa shape index (κ3) is 3.01. The number of phenols is 1. The summed E-state index contributed by atoms with van der Waals surface area (Å²) in [6.07, 6.45) is 3.35. The number of carbonyl (C=O) groups is 1. The molecule has 2 aromatic carbocycles. The van der Waals surface area contributed by atoms with Crippen molar-refractivity contribution in [2.75, 3.05) is 0 Å². The van der Waals surface area contributed by atoms with Crippen LogP contribution in [0, 0.1) is 0 Å². The Labute approximate surface area is 111 Å². The first-order chi connectivity index (χ1) is 9.22. The molecule has 0 saturated carbocycles. The number of ketones is 1. The average molecular weight is 254 g/mol. The largest absolute Gasteiger partial charge is 0.507 e. The van der Waals surface area contributed by atoms with Gasteiger partial charge < -0.3 is 9.84 Å². The van der Waals surface area contributed by atoms with Crippen LogP contribution in [0.25, 0.3) is 0 Å². The smallest absolute Gasteiger partial charge is 0.196 e. The number of rotatable bonds is 4. The molecule has 0 aliphatic heterocycles. The molecular formula is C16H14O3. The summed E-state index contributed by atoms with van der Waals surface area (Å²) in [4.78, 5) is 12.2. The zero-order valence-corrected chi connectivity index (χ0v) is 10.5. The van der Waals surface area contributed by atoms with Gasteiger partial charge in [0.15, 0.2) is 5.78 Å². The lowest BCUT2D eigenvalue weighted by Crippen LogP contribution is -2.01. The van der Waals surface area contributed by atoms with E-state index in [4.69, 9.17) is 4.74 Å². The molecule has 0 fully saturated rings. The molecule has 0 aliphatic rings. The molecule has 1 N–H and O–H groups in total. The van der Waals surface area contributed by atoms with Crippen molar-refractivity contribution < 1.29 is 14.6 Å². The third-order valence-corrected chi connectivity index (χ3v) is 2.61. The van der Waals surface area contributed by atoms with Gasteiger partial charge in [0.05, 0.1) is 11.8 Å². The van der Waals surface area contributed by atoms with Crippen molar-refractivity contribution in [2.45, 2.75) is 6.92 Å². The van der Waals surface area contributed by atoms with Gasteiger partial charge in [0.2, 0.25) is 0 Å². The third-order valence-electron chi connectivity index (χ3n) is 2.61. The topological polar surface area (TPSA) is 46.5 Å². The number of para-hydroxylation sites is 1. The van der Waals surface area contributed by atoms with Crippen LogP contribution in [0.5, 0.6) is 11.5 Å². The molecular weight excluding hydrogens is 240 g/mol. The number of phenolic OH excluding ortho intramolecular Hbond substituents is 1. The van der Waals surface area contributed by atoms with E-state index in [0.29, 0.717) is 16.9 Å².